The van der Waals surface area contributed by atoms with Gasteiger partial charge in [0.05, 0.1) is 21.4 Å². The second-order valence-corrected chi connectivity index (χ2v) is 5.60. The lowest BCUT2D eigenvalue weighted by molar-refractivity contribution is 1.06. The summed E-state index contributed by atoms with van der Waals surface area (Å²) in [6.07, 6.45) is 7.24. The van der Waals surface area contributed by atoms with Gasteiger partial charge in [0.1, 0.15) is 0 Å². The van der Waals surface area contributed by atoms with Gasteiger partial charge >= 0.3 is 0 Å². The molecule has 0 aromatic carbocycles. The molecule has 0 fully saturated rings. The van der Waals surface area contributed by atoms with Crippen molar-refractivity contribution in [2.24, 2.45) is 0 Å². The van der Waals surface area contributed by atoms with Gasteiger partial charge in [0.2, 0.25) is 0 Å². The molecule has 4 aromatic rings. The van der Waals surface area contributed by atoms with Crippen LogP contribution in [0, 0.1) is 42.3 Å². The molecule has 0 spiro atoms. The van der Waals surface area contributed by atoms with Gasteiger partial charge in [0, 0.05) is 45.7 Å². The molecular weight excluding hydrogens is 296 g/mol. The van der Waals surface area contributed by atoms with Gasteiger partial charge in [0.25, 0.3) is 0 Å². The zero-order valence-electron chi connectivity index (χ0n) is 12.7. The van der Waals surface area contributed by atoms with Crippen molar-refractivity contribution in [2.45, 2.75) is 0 Å². The first-order valence-electron chi connectivity index (χ1n) is 7.75. The van der Waals surface area contributed by atoms with Gasteiger partial charge in [-0.25, -0.2) is 0 Å². The van der Waals surface area contributed by atoms with Crippen LogP contribution in [-0.4, -0.2) is 19.9 Å². The molecule has 4 heterocycles. The predicted molar refractivity (Wildman–Crippen MR) is 87.6 cm³/mol. The molecular formula is C20H12N4. The molecule has 5 rings (SSSR count). The van der Waals surface area contributed by atoms with Gasteiger partial charge in [-0.2, -0.15) is 0 Å². The van der Waals surface area contributed by atoms with E-state index in [0.29, 0.717) is 0 Å². The Morgan fingerprint density at radius 1 is 0.375 bits per heavy atom. The van der Waals surface area contributed by atoms with Crippen LogP contribution in [0.15, 0.2) is 73.3 Å². The summed E-state index contributed by atoms with van der Waals surface area (Å²) in [5.41, 5.74) is 0. The van der Waals surface area contributed by atoms with E-state index in [1.807, 2.05) is 49.1 Å². The number of aromatic nitrogens is 4. The first-order valence-corrected chi connectivity index (χ1v) is 7.75. The van der Waals surface area contributed by atoms with Crippen LogP contribution < -0.4 is 0 Å². The molecule has 0 aliphatic heterocycles. The maximum Gasteiger partial charge on any atom is 0.0818 e. The van der Waals surface area contributed by atoms with E-state index in [2.05, 4.69) is 44.2 Å². The van der Waals surface area contributed by atoms with Crippen molar-refractivity contribution in [1.29, 1.82) is 0 Å². The van der Waals surface area contributed by atoms with Gasteiger partial charge < -0.3 is 0 Å². The lowest BCUT2D eigenvalue weighted by Gasteiger charge is -1.99. The smallest absolute Gasteiger partial charge is 0.0818 e. The Kier molecular flexibility index (Phi) is 2.76. The normalized spacial score (nSPS) is 17.3. The third-order valence-electron chi connectivity index (χ3n) is 4.25. The predicted octanol–water partition coefficient (Wildman–Crippen LogP) is 2.73. The van der Waals surface area contributed by atoms with E-state index in [-0.39, 0.29) is 0 Å². The summed E-state index contributed by atoms with van der Waals surface area (Å²) < 4.78 is 0. The summed E-state index contributed by atoms with van der Waals surface area (Å²) in [4.78, 5) is 18.5. The summed E-state index contributed by atoms with van der Waals surface area (Å²) in [7, 11) is 0. The molecule has 4 heteroatoms. The fraction of sp³-hybridized carbons (Fsp3) is 0. The molecule has 4 aromatic heterocycles. The Morgan fingerprint density at radius 2 is 0.625 bits per heavy atom. The Morgan fingerprint density at radius 3 is 0.875 bits per heavy atom. The van der Waals surface area contributed by atoms with Crippen LogP contribution in [0.4, 0.5) is 0 Å². The van der Waals surface area contributed by atoms with E-state index < -0.39 is 0 Å². The van der Waals surface area contributed by atoms with Crippen LogP contribution in [0.25, 0.3) is 0 Å². The number of nitrogens with zero attached hydrogens (tertiary/aromatic N) is 4. The molecule has 1 aliphatic rings. The second kappa shape index (κ2) is 5.06. The summed E-state index contributed by atoms with van der Waals surface area (Å²) >= 11 is 0. The van der Waals surface area contributed by atoms with Crippen LogP contribution in [0.1, 0.15) is 0 Å². The van der Waals surface area contributed by atoms with Crippen molar-refractivity contribution in [3.05, 3.63) is 116 Å². The maximum atomic E-state index is 4.63. The molecule has 0 amide bonds. The number of pyridine rings is 4. The maximum absolute atomic E-state index is 4.63. The highest BCUT2D eigenvalue weighted by Gasteiger charge is 2.02. The largest absolute Gasteiger partial charge is 0.255 e. The third kappa shape index (κ3) is 1.80. The second-order valence-electron chi connectivity index (χ2n) is 5.60. The van der Waals surface area contributed by atoms with E-state index in [1.54, 1.807) is 0 Å². The Balaban J connectivity index is 2.48. The first-order chi connectivity index (χ1) is 11.9. The lowest BCUT2D eigenvalue weighted by Crippen LogP contribution is -1.95. The number of rotatable bonds is 0. The van der Waals surface area contributed by atoms with Crippen LogP contribution in [0.3, 0.4) is 0 Å². The van der Waals surface area contributed by atoms with Crippen LogP contribution >= 0.6 is 0 Å². The Labute approximate surface area is 136 Å². The number of fused-ring (bicyclic) bond motifs is 4. The molecule has 0 atom stereocenters. The molecule has 0 saturated carbocycles. The third-order valence-corrected chi connectivity index (χ3v) is 4.25. The summed E-state index contributed by atoms with van der Waals surface area (Å²) in [5, 5.41) is 7.59. The van der Waals surface area contributed by atoms with Crippen LogP contribution in [0.2, 0.25) is 0 Å². The zero-order valence-corrected chi connectivity index (χ0v) is 12.7. The van der Waals surface area contributed by atoms with E-state index in [1.165, 1.54) is 0 Å². The Bertz CT molecular complexity index is 1080. The molecule has 112 valence electrons. The topological polar surface area (TPSA) is 51.6 Å². The van der Waals surface area contributed by atoms with Crippen molar-refractivity contribution < 1.29 is 0 Å². The van der Waals surface area contributed by atoms with E-state index in [9.17, 15) is 0 Å². The fourth-order valence-corrected chi connectivity index (χ4v) is 3.24. The van der Waals surface area contributed by atoms with Gasteiger partial charge in [-0.15, -0.1) is 0 Å². The van der Waals surface area contributed by atoms with Crippen molar-refractivity contribution >= 4 is 0 Å². The van der Waals surface area contributed by atoms with Crippen LogP contribution in [0.5, 0.6) is 0 Å². The minimum atomic E-state index is 0.898. The molecule has 0 bridgehead atoms. The van der Waals surface area contributed by atoms with Gasteiger partial charge in [-0.3, -0.25) is 19.9 Å². The molecule has 0 radical (unpaired) electrons. The highest BCUT2D eigenvalue weighted by atomic mass is 14.7. The monoisotopic (exact) mass is 308 g/mol. The van der Waals surface area contributed by atoms with Crippen molar-refractivity contribution in [1.82, 2.24) is 19.9 Å². The summed E-state index contributed by atoms with van der Waals surface area (Å²) in [5.74, 6) is 0. The molecule has 1 aliphatic carbocycles. The van der Waals surface area contributed by atoms with Gasteiger partial charge in [-0.05, 0) is 48.5 Å². The van der Waals surface area contributed by atoms with E-state index in [0.717, 1.165) is 42.3 Å². The summed E-state index contributed by atoms with van der Waals surface area (Å²) in [6.45, 7) is 0. The first kappa shape index (κ1) is 13.1. The fourth-order valence-electron chi connectivity index (χ4n) is 3.24. The average molecular weight is 308 g/mol. The molecule has 4 nitrogen and oxygen atoms in total. The molecule has 24 heavy (non-hydrogen) atoms. The highest BCUT2D eigenvalue weighted by molar-refractivity contribution is 5.20. The Hall–Kier alpha value is -3.40. The number of hydrogen-bond donors (Lipinski definition) is 0. The number of hydrogen-bond acceptors (Lipinski definition) is 4. The standard InChI is InChI=1S/C20H12N4/c1-5-13-17(21-9-1)14-6-2-11-23-19(14)16-8-4-12-24-20(16)15-7-3-10-22-18(13)15/h1-12H/b17-14+,18-13+,19-16+,20-15+. The van der Waals surface area contributed by atoms with Crippen molar-refractivity contribution in [3.63, 3.8) is 0 Å². The van der Waals surface area contributed by atoms with E-state index in [4.69, 9.17) is 0 Å². The van der Waals surface area contributed by atoms with Gasteiger partial charge in [-0.1, -0.05) is 0 Å². The summed E-state index contributed by atoms with van der Waals surface area (Å²) in [6, 6.07) is 16.0. The van der Waals surface area contributed by atoms with Gasteiger partial charge in [0.15, 0.2) is 0 Å². The lowest BCUT2D eigenvalue weighted by atomic mass is 10.1. The minimum Gasteiger partial charge on any atom is -0.255 e. The van der Waals surface area contributed by atoms with E-state index >= 15 is 0 Å². The quantitative estimate of drug-likeness (QED) is 0.441. The molecule has 0 unspecified atom stereocenters. The molecule has 0 N–H and O–H groups in total. The van der Waals surface area contributed by atoms with Crippen LogP contribution in [-0.2, 0) is 0 Å². The highest BCUT2D eigenvalue weighted by Crippen LogP contribution is 2.07. The zero-order chi connectivity index (χ0) is 15.9. The average Bonchev–Trinajstić information content (AvgIpc) is 2.67. The minimum absolute atomic E-state index is 0.898. The SMILES string of the molecule is c1cnc2/c(c1)=c1/nccc/c1=c1\nccc\c1=c1/nccc/c1=2. The van der Waals surface area contributed by atoms with Crippen molar-refractivity contribution in [3.8, 4) is 0 Å². The van der Waals surface area contributed by atoms with Crippen molar-refractivity contribution in [2.75, 3.05) is 0 Å². The molecule has 0 saturated heterocycles.